The van der Waals surface area contributed by atoms with Gasteiger partial charge in [-0.3, -0.25) is 4.79 Å². The third-order valence-corrected chi connectivity index (χ3v) is 3.80. The van der Waals surface area contributed by atoms with Gasteiger partial charge in [-0.15, -0.1) is 0 Å². The van der Waals surface area contributed by atoms with Gasteiger partial charge in [-0.05, 0) is 41.4 Å². The molecule has 0 bridgehead atoms. The van der Waals surface area contributed by atoms with E-state index in [9.17, 15) is 19.1 Å². The zero-order valence-electron chi connectivity index (χ0n) is 10.7. The van der Waals surface area contributed by atoms with Crippen molar-refractivity contribution in [3.63, 3.8) is 0 Å². The van der Waals surface area contributed by atoms with E-state index in [1.54, 1.807) is 13.8 Å². The van der Waals surface area contributed by atoms with Crippen LogP contribution in [-0.2, 0) is 4.74 Å². The minimum absolute atomic E-state index is 0.0471. The maximum absolute atomic E-state index is 14.1. The number of fused-ring (bicyclic) bond motifs is 1. The number of H-pyrrole nitrogens is 1. The van der Waals surface area contributed by atoms with Gasteiger partial charge in [-0.25, -0.2) is 9.18 Å². The summed E-state index contributed by atoms with van der Waals surface area (Å²) in [7, 11) is 0. The van der Waals surface area contributed by atoms with E-state index >= 15 is 0 Å². The molecule has 20 heavy (non-hydrogen) atoms. The summed E-state index contributed by atoms with van der Waals surface area (Å²) in [5.74, 6) is -2.24. The van der Waals surface area contributed by atoms with Crippen LogP contribution in [0.5, 0.6) is 5.75 Å². The van der Waals surface area contributed by atoms with E-state index in [4.69, 9.17) is 4.74 Å². The van der Waals surface area contributed by atoms with Crippen molar-refractivity contribution < 1.29 is 19.0 Å². The van der Waals surface area contributed by atoms with Crippen LogP contribution in [0.1, 0.15) is 22.8 Å². The molecule has 0 atom stereocenters. The third-order valence-electron chi connectivity index (χ3n) is 2.83. The molecule has 2 aromatic rings. The summed E-state index contributed by atoms with van der Waals surface area (Å²) >= 11 is 3.05. The number of halogens is 2. The number of aryl methyl sites for hydroxylation is 1. The van der Waals surface area contributed by atoms with E-state index in [1.165, 1.54) is 6.07 Å². The highest BCUT2D eigenvalue weighted by molar-refractivity contribution is 9.10. The number of ether oxygens (including phenoxy) is 1. The molecule has 0 radical (unpaired) electrons. The van der Waals surface area contributed by atoms with E-state index in [1.807, 2.05) is 0 Å². The van der Waals surface area contributed by atoms with Crippen LogP contribution in [0.4, 0.5) is 4.39 Å². The normalized spacial score (nSPS) is 10.8. The van der Waals surface area contributed by atoms with Gasteiger partial charge in [0.05, 0.1) is 16.6 Å². The number of carbonyl (C=O) groups is 1. The molecule has 5 nitrogen and oxygen atoms in total. The Kier molecular flexibility index (Phi) is 3.80. The molecule has 0 aliphatic rings. The molecular formula is C13H11BrFNO4. The van der Waals surface area contributed by atoms with Gasteiger partial charge >= 0.3 is 5.97 Å². The number of carbonyl (C=O) groups excluding carboxylic acids is 1. The fraction of sp³-hybridized carbons (Fsp3) is 0.231. The SMILES string of the molecule is CCOC(=O)c1c(O)c2cc(C)c(Br)c(F)c2[nH]c1=O. The molecule has 0 aliphatic heterocycles. The van der Waals surface area contributed by atoms with Crippen molar-refractivity contribution >= 4 is 32.8 Å². The number of rotatable bonds is 2. The minimum Gasteiger partial charge on any atom is -0.506 e. The van der Waals surface area contributed by atoms with E-state index in [-0.39, 0.29) is 22.0 Å². The molecular weight excluding hydrogens is 333 g/mol. The van der Waals surface area contributed by atoms with Gasteiger partial charge in [0.1, 0.15) is 5.75 Å². The molecule has 106 valence electrons. The maximum atomic E-state index is 14.1. The first kappa shape index (κ1) is 14.5. The van der Waals surface area contributed by atoms with Gasteiger partial charge in [0, 0.05) is 5.39 Å². The summed E-state index contributed by atoms with van der Waals surface area (Å²) in [5, 5.41) is 10.1. The van der Waals surface area contributed by atoms with E-state index in [0.717, 1.165) is 0 Å². The van der Waals surface area contributed by atoms with Crippen LogP contribution < -0.4 is 5.56 Å². The Bertz CT molecular complexity index is 769. The monoisotopic (exact) mass is 343 g/mol. The minimum atomic E-state index is -0.950. The van der Waals surface area contributed by atoms with Gasteiger partial charge in [-0.1, -0.05) is 0 Å². The van der Waals surface area contributed by atoms with Crippen molar-refractivity contribution in [2.75, 3.05) is 6.61 Å². The van der Waals surface area contributed by atoms with Gasteiger partial charge < -0.3 is 14.8 Å². The first-order chi connectivity index (χ1) is 9.38. The number of aromatic amines is 1. The number of aromatic hydroxyl groups is 1. The Hall–Kier alpha value is -1.89. The first-order valence-electron chi connectivity index (χ1n) is 5.79. The number of pyridine rings is 1. The molecule has 1 heterocycles. The number of hydrogen-bond acceptors (Lipinski definition) is 4. The van der Waals surface area contributed by atoms with Gasteiger partial charge in [0.25, 0.3) is 5.56 Å². The van der Waals surface area contributed by atoms with Crippen molar-refractivity contribution in [3.8, 4) is 5.75 Å². The largest absolute Gasteiger partial charge is 0.506 e. The van der Waals surface area contributed by atoms with E-state index in [2.05, 4.69) is 20.9 Å². The average Bonchev–Trinajstić information content (AvgIpc) is 2.38. The Morgan fingerprint density at radius 2 is 2.20 bits per heavy atom. The fourth-order valence-electron chi connectivity index (χ4n) is 1.87. The predicted octanol–water partition coefficient (Wildman–Crippen LogP) is 2.62. The van der Waals surface area contributed by atoms with Crippen molar-refractivity contribution in [1.29, 1.82) is 0 Å². The predicted molar refractivity (Wildman–Crippen MR) is 74.6 cm³/mol. The highest BCUT2D eigenvalue weighted by Crippen LogP contribution is 2.32. The molecule has 0 saturated heterocycles. The zero-order valence-corrected chi connectivity index (χ0v) is 12.3. The standard InChI is InChI=1S/C13H11BrFNO4/c1-3-20-13(19)7-11(17)6-4-5(2)8(14)9(15)10(6)16-12(7)18/h4H,3H2,1-2H3,(H2,16,17,18). The van der Waals surface area contributed by atoms with Crippen LogP contribution in [-0.4, -0.2) is 22.7 Å². The summed E-state index contributed by atoms with van der Waals surface area (Å²) in [6.45, 7) is 3.26. The van der Waals surface area contributed by atoms with E-state index < -0.39 is 28.7 Å². The average molecular weight is 344 g/mol. The Morgan fingerprint density at radius 1 is 1.55 bits per heavy atom. The second kappa shape index (κ2) is 5.24. The van der Waals surface area contributed by atoms with Crippen LogP contribution in [0.2, 0.25) is 0 Å². The number of nitrogens with one attached hydrogen (secondary N) is 1. The number of aromatic nitrogens is 1. The van der Waals surface area contributed by atoms with Gasteiger partial charge in [0.2, 0.25) is 0 Å². The summed E-state index contributed by atoms with van der Waals surface area (Å²) < 4.78 is 18.9. The number of hydrogen-bond donors (Lipinski definition) is 2. The third kappa shape index (κ3) is 2.18. The van der Waals surface area contributed by atoms with Crippen molar-refractivity contribution in [2.24, 2.45) is 0 Å². The lowest BCUT2D eigenvalue weighted by Gasteiger charge is -2.09. The zero-order chi connectivity index (χ0) is 15.0. The molecule has 0 amide bonds. The van der Waals surface area contributed by atoms with E-state index in [0.29, 0.717) is 5.56 Å². The summed E-state index contributed by atoms with van der Waals surface area (Å²) in [5.41, 5.74) is -1.08. The molecule has 0 spiro atoms. The molecule has 7 heteroatoms. The summed E-state index contributed by atoms with van der Waals surface area (Å²) in [4.78, 5) is 25.7. The maximum Gasteiger partial charge on any atom is 0.347 e. The number of benzene rings is 1. The molecule has 1 aromatic carbocycles. The molecule has 0 saturated carbocycles. The lowest BCUT2D eigenvalue weighted by molar-refractivity contribution is 0.0521. The van der Waals surface area contributed by atoms with Crippen molar-refractivity contribution in [1.82, 2.24) is 4.98 Å². The van der Waals surface area contributed by atoms with Crippen LogP contribution in [0.15, 0.2) is 15.3 Å². The Balaban J connectivity index is 2.86. The molecule has 0 aliphatic carbocycles. The molecule has 0 fully saturated rings. The second-order valence-electron chi connectivity index (χ2n) is 4.14. The molecule has 2 N–H and O–H groups in total. The van der Waals surface area contributed by atoms with Crippen molar-refractivity contribution in [2.45, 2.75) is 13.8 Å². The van der Waals surface area contributed by atoms with Crippen LogP contribution in [0.25, 0.3) is 10.9 Å². The van der Waals surface area contributed by atoms with Gasteiger partial charge in [-0.2, -0.15) is 0 Å². The topological polar surface area (TPSA) is 79.4 Å². The lowest BCUT2D eigenvalue weighted by Crippen LogP contribution is -2.20. The fourth-order valence-corrected chi connectivity index (χ4v) is 2.19. The van der Waals surface area contributed by atoms with Crippen LogP contribution in [0, 0.1) is 12.7 Å². The second-order valence-corrected chi connectivity index (χ2v) is 4.94. The quantitative estimate of drug-likeness (QED) is 0.821. The molecule has 1 aromatic heterocycles. The Morgan fingerprint density at radius 3 is 2.80 bits per heavy atom. The van der Waals surface area contributed by atoms with Crippen LogP contribution >= 0.6 is 15.9 Å². The smallest absolute Gasteiger partial charge is 0.347 e. The van der Waals surface area contributed by atoms with Crippen LogP contribution in [0.3, 0.4) is 0 Å². The highest BCUT2D eigenvalue weighted by atomic mass is 79.9. The molecule has 0 unspecified atom stereocenters. The van der Waals surface area contributed by atoms with Gasteiger partial charge in [0.15, 0.2) is 11.4 Å². The highest BCUT2D eigenvalue weighted by Gasteiger charge is 2.22. The summed E-state index contributed by atoms with van der Waals surface area (Å²) in [6, 6.07) is 1.47. The summed E-state index contributed by atoms with van der Waals surface area (Å²) in [6.07, 6.45) is 0. The van der Waals surface area contributed by atoms with Crippen molar-refractivity contribution in [3.05, 3.63) is 37.8 Å². The molecule has 2 rings (SSSR count). The lowest BCUT2D eigenvalue weighted by atomic mass is 10.1. The number of esters is 1. The first-order valence-corrected chi connectivity index (χ1v) is 6.58. The Labute approximate surface area is 121 Å².